The van der Waals surface area contributed by atoms with E-state index in [1.165, 1.54) is 18.5 Å². The molecule has 0 saturated carbocycles. The van der Waals surface area contributed by atoms with Crippen molar-refractivity contribution in [3.8, 4) is 0 Å². The number of pyridine rings is 1. The van der Waals surface area contributed by atoms with Crippen molar-refractivity contribution in [3.05, 3.63) is 70.8 Å². The molecule has 0 bridgehead atoms. The van der Waals surface area contributed by atoms with Gasteiger partial charge in [-0.2, -0.15) is 0 Å². The fourth-order valence-corrected chi connectivity index (χ4v) is 2.40. The summed E-state index contributed by atoms with van der Waals surface area (Å²) in [7, 11) is 0. The lowest BCUT2D eigenvalue weighted by Crippen LogP contribution is -2.34. The van der Waals surface area contributed by atoms with E-state index in [1.54, 1.807) is 18.5 Å². The van der Waals surface area contributed by atoms with E-state index in [0.717, 1.165) is 16.2 Å². The van der Waals surface area contributed by atoms with Crippen LogP contribution < -0.4 is 10.9 Å². The zero-order chi connectivity index (χ0) is 17.1. The highest BCUT2D eigenvalue weighted by Crippen LogP contribution is 2.10. The Kier molecular flexibility index (Phi) is 4.33. The number of aromatic nitrogens is 3. The molecule has 24 heavy (non-hydrogen) atoms. The summed E-state index contributed by atoms with van der Waals surface area (Å²) >= 11 is 0. The molecule has 6 nitrogen and oxygen atoms in total. The number of nitrogens with one attached hydrogen (secondary N) is 1. The molecule has 0 spiro atoms. The lowest BCUT2D eigenvalue weighted by Gasteiger charge is -2.14. The molecule has 1 N–H and O–H groups in total. The van der Waals surface area contributed by atoms with Gasteiger partial charge in [0, 0.05) is 12.4 Å². The molecule has 0 unspecified atom stereocenters. The van der Waals surface area contributed by atoms with E-state index >= 15 is 0 Å². The molecule has 0 fully saturated rings. The van der Waals surface area contributed by atoms with Crippen LogP contribution in [0.3, 0.4) is 0 Å². The summed E-state index contributed by atoms with van der Waals surface area (Å²) in [6.07, 6.45) is 4.60. The number of hydrogen-bond acceptors (Lipinski definition) is 4. The first-order valence-electron chi connectivity index (χ1n) is 7.38. The summed E-state index contributed by atoms with van der Waals surface area (Å²) < 4.78 is 14.5. The SMILES string of the molecule is C[C@H](NC(=O)Cn1cnc2ccc(F)cc2c1=O)c1cccnc1. The Bertz CT molecular complexity index is 940. The van der Waals surface area contributed by atoms with Crippen molar-refractivity contribution >= 4 is 16.8 Å². The highest BCUT2D eigenvalue weighted by Gasteiger charge is 2.12. The van der Waals surface area contributed by atoms with Crippen LogP contribution in [0.2, 0.25) is 0 Å². The monoisotopic (exact) mass is 326 g/mol. The third-order valence-electron chi connectivity index (χ3n) is 3.66. The Labute approximate surface area is 137 Å². The molecule has 1 amide bonds. The summed E-state index contributed by atoms with van der Waals surface area (Å²) in [6, 6.07) is 7.18. The van der Waals surface area contributed by atoms with Crippen molar-refractivity contribution in [2.45, 2.75) is 19.5 Å². The molecule has 0 aliphatic heterocycles. The maximum Gasteiger partial charge on any atom is 0.261 e. The van der Waals surface area contributed by atoms with Gasteiger partial charge in [0.2, 0.25) is 5.91 Å². The van der Waals surface area contributed by atoms with Gasteiger partial charge in [-0.3, -0.25) is 19.1 Å². The van der Waals surface area contributed by atoms with Crippen LogP contribution in [0.25, 0.3) is 10.9 Å². The molecule has 0 aliphatic rings. The van der Waals surface area contributed by atoms with Crippen LogP contribution in [0, 0.1) is 5.82 Å². The predicted molar refractivity (Wildman–Crippen MR) is 86.8 cm³/mol. The number of carbonyl (C=O) groups excluding carboxylic acids is 1. The Morgan fingerprint density at radius 2 is 2.21 bits per heavy atom. The van der Waals surface area contributed by atoms with Gasteiger partial charge < -0.3 is 5.32 Å². The molecule has 122 valence electrons. The van der Waals surface area contributed by atoms with Crippen molar-refractivity contribution in [1.82, 2.24) is 19.9 Å². The maximum absolute atomic E-state index is 13.3. The first-order valence-corrected chi connectivity index (χ1v) is 7.38. The van der Waals surface area contributed by atoms with Gasteiger partial charge in [-0.05, 0) is 36.8 Å². The van der Waals surface area contributed by atoms with Crippen molar-refractivity contribution in [3.63, 3.8) is 0 Å². The minimum absolute atomic E-state index is 0.144. The molecular formula is C17H15FN4O2. The van der Waals surface area contributed by atoms with Crippen LogP contribution in [0.1, 0.15) is 18.5 Å². The zero-order valence-corrected chi connectivity index (χ0v) is 12.9. The third-order valence-corrected chi connectivity index (χ3v) is 3.66. The van der Waals surface area contributed by atoms with Gasteiger partial charge in [0.05, 0.1) is 23.3 Å². The van der Waals surface area contributed by atoms with Crippen LogP contribution in [-0.2, 0) is 11.3 Å². The normalized spacial score (nSPS) is 12.1. The molecule has 3 rings (SSSR count). The van der Waals surface area contributed by atoms with E-state index in [0.29, 0.717) is 5.52 Å². The number of carbonyl (C=O) groups is 1. The zero-order valence-electron chi connectivity index (χ0n) is 12.9. The molecule has 0 saturated heterocycles. The highest BCUT2D eigenvalue weighted by atomic mass is 19.1. The molecule has 1 atom stereocenters. The maximum atomic E-state index is 13.3. The fourth-order valence-electron chi connectivity index (χ4n) is 2.40. The first kappa shape index (κ1) is 15.8. The van der Waals surface area contributed by atoms with Gasteiger partial charge in [0.1, 0.15) is 12.4 Å². The van der Waals surface area contributed by atoms with Crippen LogP contribution in [0.15, 0.2) is 53.8 Å². The lowest BCUT2D eigenvalue weighted by atomic mass is 10.1. The van der Waals surface area contributed by atoms with E-state index < -0.39 is 11.4 Å². The molecule has 1 aromatic carbocycles. The Morgan fingerprint density at radius 1 is 1.38 bits per heavy atom. The van der Waals surface area contributed by atoms with Crippen molar-refractivity contribution in [2.75, 3.05) is 0 Å². The number of amides is 1. The van der Waals surface area contributed by atoms with Crippen molar-refractivity contribution < 1.29 is 9.18 Å². The van der Waals surface area contributed by atoms with Crippen molar-refractivity contribution in [2.24, 2.45) is 0 Å². The van der Waals surface area contributed by atoms with E-state index in [2.05, 4.69) is 15.3 Å². The standard InChI is InChI=1S/C17H15FN4O2/c1-11(12-3-2-6-19-8-12)21-16(23)9-22-10-20-15-5-4-13(18)7-14(15)17(22)24/h2-8,10-11H,9H2,1H3,(H,21,23)/t11-/m0/s1. The Balaban J connectivity index is 1.78. The summed E-state index contributed by atoms with van der Waals surface area (Å²) in [4.78, 5) is 32.6. The number of nitrogens with zero attached hydrogens (tertiary/aromatic N) is 3. The van der Waals surface area contributed by atoms with Crippen LogP contribution >= 0.6 is 0 Å². The fraction of sp³-hybridized carbons (Fsp3) is 0.176. The average Bonchev–Trinajstić information content (AvgIpc) is 2.58. The van der Waals surface area contributed by atoms with Crippen LogP contribution in [-0.4, -0.2) is 20.4 Å². The topological polar surface area (TPSA) is 76.9 Å². The van der Waals surface area contributed by atoms with Crippen LogP contribution in [0.5, 0.6) is 0 Å². The van der Waals surface area contributed by atoms with E-state index in [9.17, 15) is 14.0 Å². The van der Waals surface area contributed by atoms with E-state index in [1.807, 2.05) is 13.0 Å². The predicted octanol–water partition coefficient (Wildman–Crippen LogP) is 1.81. The summed E-state index contributed by atoms with van der Waals surface area (Å²) in [5, 5.41) is 2.93. The smallest absolute Gasteiger partial charge is 0.261 e. The highest BCUT2D eigenvalue weighted by molar-refractivity contribution is 5.79. The molecule has 7 heteroatoms. The lowest BCUT2D eigenvalue weighted by molar-refractivity contribution is -0.122. The largest absolute Gasteiger partial charge is 0.348 e. The number of hydrogen-bond donors (Lipinski definition) is 1. The first-order chi connectivity index (χ1) is 11.5. The van der Waals surface area contributed by atoms with Gasteiger partial charge >= 0.3 is 0 Å². The quantitative estimate of drug-likeness (QED) is 0.793. The van der Waals surface area contributed by atoms with Gasteiger partial charge in [-0.15, -0.1) is 0 Å². The molecular weight excluding hydrogens is 311 g/mol. The second-order valence-corrected chi connectivity index (χ2v) is 5.41. The molecule has 2 heterocycles. The number of benzene rings is 1. The second kappa shape index (κ2) is 6.57. The molecule has 0 aliphatic carbocycles. The number of fused-ring (bicyclic) bond motifs is 1. The Hall–Kier alpha value is -3.09. The second-order valence-electron chi connectivity index (χ2n) is 5.41. The summed E-state index contributed by atoms with van der Waals surface area (Å²) in [5.74, 6) is -0.861. The van der Waals surface area contributed by atoms with E-state index in [4.69, 9.17) is 0 Å². The average molecular weight is 326 g/mol. The minimum Gasteiger partial charge on any atom is -0.348 e. The number of halogens is 1. The third kappa shape index (κ3) is 3.29. The minimum atomic E-state index is -0.520. The number of rotatable bonds is 4. The summed E-state index contributed by atoms with van der Waals surface area (Å²) in [6.45, 7) is 1.63. The summed E-state index contributed by atoms with van der Waals surface area (Å²) in [5.41, 5.74) is 0.794. The molecule has 2 aromatic heterocycles. The Morgan fingerprint density at radius 3 is 2.96 bits per heavy atom. The van der Waals surface area contributed by atoms with Gasteiger partial charge in [0.25, 0.3) is 5.56 Å². The molecule has 3 aromatic rings. The van der Waals surface area contributed by atoms with E-state index in [-0.39, 0.29) is 23.9 Å². The van der Waals surface area contributed by atoms with Gasteiger partial charge in [-0.25, -0.2) is 9.37 Å². The van der Waals surface area contributed by atoms with Gasteiger partial charge in [0.15, 0.2) is 0 Å². The van der Waals surface area contributed by atoms with Crippen LogP contribution in [0.4, 0.5) is 4.39 Å². The van der Waals surface area contributed by atoms with Crippen molar-refractivity contribution in [1.29, 1.82) is 0 Å². The molecule has 0 radical (unpaired) electrons. The van der Waals surface area contributed by atoms with Gasteiger partial charge in [-0.1, -0.05) is 6.07 Å².